The lowest BCUT2D eigenvalue weighted by atomic mass is 10.0. The molecule has 0 atom stereocenters. The third-order valence-electron chi connectivity index (χ3n) is 2.81. The fraction of sp³-hybridized carbons (Fsp3) is 0.200. The van der Waals surface area contributed by atoms with Crippen LogP contribution in [0.3, 0.4) is 0 Å². The highest BCUT2D eigenvalue weighted by Gasteiger charge is 2.16. The van der Waals surface area contributed by atoms with Gasteiger partial charge in [0.25, 0.3) is 5.24 Å². The van der Waals surface area contributed by atoms with Gasteiger partial charge in [0, 0.05) is 24.6 Å². The van der Waals surface area contributed by atoms with Gasteiger partial charge in [-0.1, -0.05) is 30.3 Å². The smallest absolute Gasteiger partial charge is 0.285 e. The Morgan fingerprint density at radius 1 is 1.05 bits per heavy atom. The van der Waals surface area contributed by atoms with E-state index in [0.29, 0.717) is 10.5 Å². The van der Waals surface area contributed by atoms with Crippen LogP contribution in [0.5, 0.6) is 0 Å². The zero-order valence-corrected chi connectivity index (χ0v) is 12.0. The molecule has 4 heteroatoms. The summed E-state index contributed by atoms with van der Waals surface area (Å²) in [7, 11) is 3.40. The van der Waals surface area contributed by atoms with Crippen molar-refractivity contribution < 1.29 is 9.59 Å². The normalized spacial score (nSPS) is 10.5. The summed E-state index contributed by atoms with van der Waals surface area (Å²) >= 11 is 1.09. The molecule has 0 heterocycles. The topological polar surface area (TPSA) is 37.4 Å². The molecule has 0 bridgehead atoms. The molecule has 0 spiro atoms. The summed E-state index contributed by atoms with van der Waals surface area (Å²) in [6.45, 7) is 1.53. The molecule has 0 radical (unpaired) electrons. The van der Waals surface area contributed by atoms with Crippen LogP contribution in [0.15, 0.2) is 41.3 Å². The van der Waals surface area contributed by atoms with Crippen LogP contribution in [0.4, 0.5) is 4.79 Å². The molecule has 2 aromatic carbocycles. The van der Waals surface area contributed by atoms with Gasteiger partial charge in [0.05, 0.1) is 0 Å². The van der Waals surface area contributed by atoms with Crippen LogP contribution >= 0.6 is 11.8 Å². The average molecular weight is 273 g/mol. The second-order valence-corrected chi connectivity index (χ2v) is 5.47. The Labute approximate surface area is 116 Å². The highest BCUT2D eigenvalue weighted by molar-refractivity contribution is 8.13. The predicted octanol–water partition coefficient (Wildman–Crippen LogP) is 3.82. The Balaban J connectivity index is 2.58. The quantitative estimate of drug-likeness (QED) is 0.616. The molecule has 1 amide bonds. The van der Waals surface area contributed by atoms with E-state index in [2.05, 4.69) is 0 Å². The van der Waals surface area contributed by atoms with Gasteiger partial charge < -0.3 is 4.90 Å². The van der Waals surface area contributed by atoms with Crippen LogP contribution in [0.2, 0.25) is 0 Å². The highest BCUT2D eigenvalue weighted by atomic mass is 32.2. The molecule has 0 aliphatic rings. The van der Waals surface area contributed by atoms with Crippen LogP contribution in [0.25, 0.3) is 10.8 Å². The van der Waals surface area contributed by atoms with E-state index in [-0.39, 0.29) is 11.0 Å². The average Bonchev–Trinajstić information content (AvgIpc) is 2.37. The van der Waals surface area contributed by atoms with E-state index >= 15 is 0 Å². The molecular weight excluding hydrogens is 258 g/mol. The number of benzene rings is 2. The lowest BCUT2D eigenvalue weighted by Crippen LogP contribution is -2.16. The molecule has 0 aliphatic heterocycles. The molecule has 19 heavy (non-hydrogen) atoms. The van der Waals surface area contributed by atoms with Crippen molar-refractivity contribution in [3.05, 3.63) is 42.0 Å². The lowest BCUT2D eigenvalue weighted by molar-refractivity contribution is 0.101. The predicted molar refractivity (Wildman–Crippen MR) is 78.9 cm³/mol. The Kier molecular flexibility index (Phi) is 3.90. The van der Waals surface area contributed by atoms with Crippen molar-refractivity contribution >= 4 is 33.6 Å². The Bertz CT molecular complexity index is 650. The second-order valence-electron chi connectivity index (χ2n) is 4.48. The van der Waals surface area contributed by atoms with Gasteiger partial charge >= 0.3 is 0 Å². The van der Waals surface area contributed by atoms with Crippen LogP contribution in [0.1, 0.15) is 17.3 Å². The molecule has 0 aliphatic carbocycles. The van der Waals surface area contributed by atoms with E-state index in [1.54, 1.807) is 14.1 Å². The first-order valence-electron chi connectivity index (χ1n) is 5.92. The summed E-state index contributed by atoms with van der Waals surface area (Å²) < 4.78 is 0. The molecule has 0 aromatic heterocycles. The van der Waals surface area contributed by atoms with Crippen molar-refractivity contribution in [2.24, 2.45) is 0 Å². The summed E-state index contributed by atoms with van der Waals surface area (Å²) in [6.07, 6.45) is 0. The Morgan fingerprint density at radius 3 is 2.37 bits per heavy atom. The van der Waals surface area contributed by atoms with Gasteiger partial charge in [-0.05, 0) is 35.5 Å². The zero-order chi connectivity index (χ0) is 14.0. The van der Waals surface area contributed by atoms with Gasteiger partial charge in [-0.3, -0.25) is 9.59 Å². The molecule has 0 fully saturated rings. The van der Waals surface area contributed by atoms with Gasteiger partial charge in [0.15, 0.2) is 5.78 Å². The van der Waals surface area contributed by atoms with Crippen molar-refractivity contribution in [2.45, 2.75) is 11.8 Å². The third-order valence-corrected chi connectivity index (χ3v) is 3.91. The molecule has 0 saturated heterocycles. The number of carbonyl (C=O) groups is 2. The first-order chi connectivity index (χ1) is 9.00. The van der Waals surface area contributed by atoms with Crippen LogP contribution in [-0.2, 0) is 0 Å². The van der Waals surface area contributed by atoms with Crippen molar-refractivity contribution in [2.75, 3.05) is 14.1 Å². The minimum atomic E-state index is -0.0854. The largest absolute Gasteiger partial charge is 0.339 e. The van der Waals surface area contributed by atoms with Crippen molar-refractivity contribution in [1.29, 1.82) is 0 Å². The summed E-state index contributed by atoms with van der Waals surface area (Å²) in [4.78, 5) is 25.9. The van der Waals surface area contributed by atoms with Crippen molar-refractivity contribution in [1.82, 2.24) is 4.90 Å². The highest BCUT2D eigenvalue weighted by Crippen LogP contribution is 2.31. The van der Waals surface area contributed by atoms with Gasteiger partial charge in [-0.15, -0.1) is 0 Å². The number of Topliss-reactive ketones (excluding diaryl/α,β-unsaturated/α-hetero) is 1. The molecule has 2 aromatic rings. The summed E-state index contributed by atoms with van der Waals surface area (Å²) in [5.41, 5.74) is 0.623. The molecule has 0 saturated carbocycles. The van der Waals surface area contributed by atoms with Gasteiger partial charge in [0.1, 0.15) is 0 Å². The first kappa shape index (κ1) is 13.6. The zero-order valence-electron chi connectivity index (χ0n) is 11.1. The Morgan fingerprint density at radius 2 is 1.74 bits per heavy atom. The number of nitrogens with zero attached hydrogens (tertiary/aromatic N) is 1. The number of rotatable bonds is 2. The molecule has 0 N–H and O–H groups in total. The third kappa shape index (κ3) is 2.79. The summed E-state index contributed by atoms with van der Waals surface area (Å²) in [6, 6.07) is 11.5. The number of ketones is 1. The van der Waals surface area contributed by atoms with E-state index < -0.39 is 0 Å². The Hall–Kier alpha value is -1.81. The van der Waals surface area contributed by atoms with E-state index in [0.717, 1.165) is 22.5 Å². The number of carbonyl (C=O) groups excluding carboxylic acids is 2. The van der Waals surface area contributed by atoms with Crippen molar-refractivity contribution in [3.63, 3.8) is 0 Å². The minimum absolute atomic E-state index is 0.0224. The monoisotopic (exact) mass is 273 g/mol. The number of fused-ring (bicyclic) bond motifs is 1. The fourth-order valence-electron chi connectivity index (χ4n) is 1.89. The molecule has 0 unspecified atom stereocenters. The minimum Gasteiger partial charge on any atom is -0.339 e. The fourth-order valence-corrected chi connectivity index (χ4v) is 2.75. The summed E-state index contributed by atoms with van der Waals surface area (Å²) in [5, 5.41) is 1.82. The van der Waals surface area contributed by atoms with E-state index in [9.17, 15) is 9.59 Å². The SMILES string of the molecule is CC(=O)c1c(SC(=O)N(C)C)ccc2ccccc12. The number of hydrogen-bond donors (Lipinski definition) is 0. The maximum absolute atomic E-state index is 11.9. The number of thioether (sulfide) groups is 1. The first-order valence-corrected chi connectivity index (χ1v) is 6.74. The number of hydrogen-bond acceptors (Lipinski definition) is 3. The standard InChI is InChI=1S/C15H15NO2S/c1-10(17)14-12-7-5-4-6-11(12)8-9-13(14)19-15(18)16(2)3/h4-9H,1-3H3. The lowest BCUT2D eigenvalue weighted by Gasteiger charge is -2.13. The van der Waals surface area contributed by atoms with Crippen molar-refractivity contribution in [3.8, 4) is 0 Å². The molecule has 98 valence electrons. The van der Waals surface area contributed by atoms with Crippen LogP contribution in [0, 0.1) is 0 Å². The molecule has 3 nitrogen and oxygen atoms in total. The van der Waals surface area contributed by atoms with Crippen LogP contribution < -0.4 is 0 Å². The van der Waals surface area contributed by atoms with Gasteiger partial charge in [0.2, 0.25) is 0 Å². The number of amides is 1. The second kappa shape index (κ2) is 5.45. The van der Waals surface area contributed by atoms with E-state index in [1.165, 1.54) is 11.8 Å². The van der Waals surface area contributed by atoms with Gasteiger partial charge in [-0.25, -0.2) is 0 Å². The maximum atomic E-state index is 11.9. The maximum Gasteiger partial charge on any atom is 0.285 e. The van der Waals surface area contributed by atoms with E-state index in [1.807, 2.05) is 36.4 Å². The molecular formula is C15H15NO2S. The van der Waals surface area contributed by atoms with E-state index in [4.69, 9.17) is 0 Å². The summed E-state index contributed by atoms with van der Waals surface area (Å²) in [5.74, 6) is -0.0224. The molecule has 2 rings (SSSR count). The van der Waals surface area contributed by atoms with Gasteiger partial charge in [-0.2, -0.15) is 0 Å². The van der Waals surface area contributed by atoms with Crippen LogP contribution in [-0.4, -0.2) is 30.0 Å².